The molecule has 0 saturated carbocycles. The largest absolute Gasteiger partial charge is 0.484 e. The van der Waals surface area contributed by atoms with Crippen LogP contribution in [0, 0.1) is 0 Å². The van der Waals surface area contributed by atoms with Crippen LogP contribution < -0.4 is 15.4 Å². The Morgan fingerprint density at radius 2 is 1.68 bits per heavy atom. The molecule has 0 atom stereocenters. The van der Waals surface area contributed by atoms with Crippen LogP contribution in [0.4, 0.5) is 24.0 Å². The number of alkyl halides is 3. The summed E-state index contributed by atoms with van der Waals surface area (Å²) in [6, 6.07) is 13.0. The summed E-state index contributed by atoms with van der Waals surface area (Å²) >= 11 is 2.17. The highest BCUT2D eigenvalue weighted by Crippen LogP contribution is 2.30. The number of hydrogen-bond donors (Lipinski definition) is 2. The zero-order valence-electron chi connectivity index (χ0n) is 15.7. The van der Waals surface area contributed by atoms with Gasteiger partial charge in [0.2, 0.25) is 11.0 Å². The van der Waals surface area contributed by atoms with E-state index in [1.54, 1.807) is 24.3 Å². The Morgan fingerprint density at radius 3 is 2.35 bits per heavy atom. The van der Waals surface area contributed by atoms with Crippen molar-refractivity contribution in [1.29, 1.82) is 0 Å². The van der Waals surface area contributed by atoms with E-state index in [-0.39, 0.29) is 23.2 Å². The lowest BCUT2D eigenvalue weighted by molar-refractivity contribution is -0.137. The van der Waals surface area contributed by atoms with Crippen molar-refractivity contribution in [2.24, 2.45) is 0 Å². The van der Waals surface area contributed by atoms with E-state index in [9.17, 15) is 22.8 Å². The Morgan fingerprint density at radius 1 is 0.968 bits per heavy atom. The van der Waals surface area contributed by atoms with Gasteiger partial charge in [-0.1, -0.05) is 41.3 Å². The highest BCUT2D eigenvalue weighted by atomic mass is 32.2. The molecule has 0 fully saturated rings. The van der Waals surface area contributed by atoms with Gasteiger partial charge in [-0.3, -0.25) is 14.9 Å². The molecule has 0 unspecified atom stereocenters. The summed E-state index contributed by atoms with van der Waals surface area (Å²) in [6.45, 7) is -0.193. The number of halogens is 3. The fourth-order valence-corrected chi connectivity index (χ4v) is 3.77. The molecule has 31 heavy (non-hydrogen) atoms. The highest BCUT2D eigenvalue weighted by Gasteiger charge is 2.30. The van der Waals surface area contributed by atoms with Crippen LogP contribution in [-0.4, -0.2) is 34.4 Å². The average molecular weight is 468 g/mol. The third-order valence-electron chi connectivity index (χ3n) is 3.59. The van der Waals surface area contributed by atoms with E-state index in [1.165, 1.54) is 12.1 Å². The van der Waals surface area contributed by atoms with Crippen molar-refractivity contribution in [3.63, 3.8) is 0 Å². The number of nitrogens with zero attached hydrogens (tertiary/aromatic N) is 2. The van der Waals surface area contributed by atoms with Gasteiger partial charge in [0, 0.05) is 5.69 Å². The number of amides is 2. The van der Waals surface area contributed by atoms with E-state index in [4.69, 9.17) is 4.74 Å². The van der Waals surface area contributed by atoms with Crippen molar-refractivity contribution < 1.29 is 27.5 Å². The topological polar surface area (TPSA) is 93.2 Å². The molecule has 1 heterocycles. The summed E-state index contributed by atoms with van der Waals surface area (Å²) in [5.41, 5.74) is -0.542. The van der Waals surface area contributed by atoms with Gasteiger partial charge < -0.3 is 10.1 Å². The van der Waals surface area contributed by atoms with Crippen LogP contribution in [0.5, 0.6) is 5.75 Å². The Hall–Kier alpha value is -3.12. The second-order valence-electron chi connectivity index (χ2n) is 5.93. The van der Waals surface area contributed by atoms with Crippen LogP contribution in [0.1, 0.15) is 5.56 Å². The first-order chi connectivity index (χ1) is 14.8. The molecule has 0 aliphatic heterocycles. The number of anilines is 2. The number of nitrogens with one attached hydrogen (secondary N) is 2. The molecule has 3 rings (SSSR count). The van der Waals surface area contributed by atoms with Crippen LogP contribution in [-0.2, 0) is 15.8 Å². The molecule has 0 spiro atoms. The number of benzene rings is 2. The van der Waals surface area contributed by atoms with Gasteiger partial charge in [0.25, 0.3) is 5.91 Å². The van der Waals surface area contributed by atoms with Gasteiger partial charge in [-0.25, -0.2) is 0 Å². The highest BCUT2D eigenvalue weighted by molar-refractivity contribution is 8.01. The van der Waals surface area contributed by atoms with Gasteiger partial charge >= 0.3 is 6.18 Å². The smallest absolute Gasteiger partial charge is 0.416 e. The number of carbonyl (C=O) groups is 2. The first-order valence-corrected chi connectivity index (χ1v) is 10.5. The number of thioether (sulfide) groups is 1. The molecule has 0 aliphatic carbocycles. The predicted molar refractivity (Wildman–Crippen MR) is 111 cm³/mol. The first-order valence-electron chi connectivity index (χ1n) is 8.71. The Labute approximate surface area is 183 Å². The van der Waals surface area contributed by atoms with Gasteiger partial charge in [-0.2, -0.15) is 13.2 Å². The Balaban J connectivity index is 1.42. The lowest BCUT2D eigenvalue weighted by Gasteiger charge is -2.08. The van der Waals surface area contributed by atoms with Crippen molar-refractivity contribution in [1.82, 2.24) is 10.2 Å². The third-order valence-corrected chi connectivity index (χ3v) is 5.56. The van der Waals surface area contributed by atoms with Crippen molar-refractivity contribution in [2.45, 2.75) is 10.5 Å². The fourth-order valence-electron chi connectivity index (χ4n) is 2.21. The maximum absolute atomic E-state index is 12.6. The minimum Gasteiger partial charge on any atom is -0.484 e. The summed E-state index contributed by atoms with van der Waals surface area (Å²) in [4.78, 5) is 23.9. The number of ether oxygens (including phenoxy) is 1. The van der Waals surface area contributed by atoms with Gasteiger partial charge in [0.05, 0.1) is 11.3 Å². The maximum Gasteiger partial charge on any atom is 0.416 e. The molecule has 0 bridgehead atoms. The first kappa shape index (κ1) is 22.6. The van der Waals surface area contributed by atoms with Crippen LogP contribution >= 0.6 is 23.1 Å². The lowest BCUT2D eigenvalue weighted by atomic mass is 10.2. The average Bonchev–Trinajstić information content (AvgIpc) is 3.18. The zero-order valence-corrected chi connectivity index (χ0v) is 17.3. The van der Waals surface area contributed by atoms with Crippen molar-refractivity contribution in [2.75, 3.05) is 23.0 Å². The quantitative estimate of drug-likeness (QED) is 0.378. The molecule has 7 nitrogen and oxygen atoms in total. The second kappa shape index (κ2) is 10.3. The van der Waals surface area contributed by atoms with Gasteiger partial charge in [-0.05, 0) is 36.4 Å². The third kappa shape index (κ3) is 7.26. The SMILES string of the molecule is O=C(CSc1nnc(NC(=O)COc2ccccc2)s1)Nc1ccc(C(F)(F)F)cc1. The number of rotatable bonds is 8. The number of hydrogen-bond acceptors (Lipinski definition) is 7. The van der Waals surface area contributed by atoms with E-state index in [2.05, 4.69) is 20.8 Å². The number of carbonyl (C=O) groups excluding carboxylic acids is 2. The molecule has 2 N–H and O–H groups in total. The standard InChI is InChI=1S/C19H15F3N4O3S2/c20-19(21,22)12-6-8-13(9-7-12)23-16(28)11-30-18-26-25-17(31-18)24-15(27)10-29-14-4-2-1-3-5-14/h1-9H,10-11H2,(H,23,28)(H,24,25,27). The predicted octanol–water partition coefficient (Wildman–Crippen LogP) is 4.31. The van der Waals surface area contributed by atoms with Crippen LogP contribution in [0.3, 0.4) is 0 Å². The minimum atomic E-state index is -4.43. The second-order valence-corrected chi connectivity index (χ2v) is 8.13. The summed E-state index contributed by atoms with van der Waals surface area (Å²) in [5.74, 6) is -0.288. The van der Waals surface area contributed by atoms with Gasteiger partial charge in [-0.15, -0.1) is 10.2 Å². The summed E-state index contributed by atoms with van der Waals surface area (Å²) in [5, 5.41) is 13.0. The van der Waals surface area contributed by atoms with Gasteiger partial charge in [0.1, 0.15) is 5.75 Å². The van der Waals surface area contributed by atoms with Crippen molar-refractivity contribution in [3.05, 3.63) is 60.2 Å². The van der Waals surface area contributed by atoms with Crippen molar-refractivity contribution >= 4 is 45.7 Å². The Bertz CT molecular complexity index is 1030. The van der Waals surface area contributed by atoms with Crippen molar-refractivity contribution in [3.8, 4) is 5.75 Å². The molecule has 12 heteroatoms. The summed E-state index contributed by atoms with van der Waals surface area (Å²) in [7, 11) is 0. The van der Waals surface area contributed by atoms with Gasteiger partial charge in [0.15, 0.2) is 10.9 Å². The normalized spacial score (nSPS) is 11.1. The molecule has 1 aromatic heterocycles. The molecule has 3 aromatic rings. The summed E-state index contributed by atoms with van der Waals surface area (Å²) < 4.78 is 43.4. The van der Waals surface area contributed by atoms with E-state index in [0.29, 0.717) is 10.1 Å². The molecular weight excluding hydrogens is 453 g/mol. The zero-order chi connectivity index (χ0) is 22.3. The molecule has 2 aromatic carbocycles. The maximum atomic E-state index is 12.6. The molecule has 0 saturated heterocycles. The fraction of sp³-hybridized carbons (Fsp3) is 0.158. The van der Waals surface area contributed by atoms with E-state index in [0.717, 1.165) is 35.2 Å². The Kier molecular flexibility index (Phi) is 7.47. The molecule has 0 aliphatic rings. The van der Waals surface area contributed by atoms with E-state index in [1.807, 2.05) is 6.07 Å². The van der Waals surface area contributed by atoms with Crippen LogP contribution in [0.25, 0.3) is 0 Å². The number of aromatic nitrogens is 2. The van der Waals surface area contributed by atoms with E-state index < -0.39 is 23.6 Å². The molecular formula is C19H15F3N4O3S2. The van der Waals surface area contributed by atoms with E-state index >= 15 is 0 Å². The molecule has 162 valence electrons. The summed E-state index contributed by atoms with van der Waals surface area (Å²) in [6.07, 6.45) is -4.43. The number of para-hydroxylation sites is 1. The lowest BCUT2D eigenvalue weighted by Crippen LogP contribution is -2.20. The monoisotopic (exact) mass is 468 g/mol. The molecule has 0 radical (unpaired) electrons. The minimum absolute atomic E-state index is 0.0271. The molecule has 2 amide bonds. The van der Waals surface area contributed by atoms with Crippen LogP contribution in [0.2, 0.25) is 0 Å². The van der Waals surface area contributed by atoms with Crippen LogP contribution in [0.15, 0.2) is 58.9 Å².